The van der Waals surface area contributed by atoms with Gasteiger partial charge in [-0.1, -0.05) is 72.3 Å². The van der Waals surface area contributed by atoms with Crippen molar-refractivity contribution in [1.29, 1.82) is 0 Å². The Morgan fingerprint density at radius 2 is 1.40 bits per heavy atom. The van der Waals surface area contributed by atoms with Crippen molar-refractivity contribution in [1.82, 2.24) is 0 Å². The van der Waals surface area contributed by atoms with Crippen molar-refractivity contribution in [3.63, 3.8) is 0 Å². The summed E-state index contributed by atoms with van der Waals surface area (Å²) in [6, 6.07) is 24.7. The summed E-state index contributed by atoms with van der Waals surface area (Å²) in [5.41, 5.74) is 4.57. The average Bonchev–Trinajstić information content (AvgIpc) is 2.65. The number of para-hydroxylation sites is 1. The zero-order chi connectivity index (χ0) is 17.6. The van der Waals surface area contributed by atoms with E-state index in [-0.39, 0.29) is 12.4 Å². The number of benzene rings is 3. The van der Waals surface area contributed by atoms with Crippen LogP contribution >= 0.6 is 11.6 Å². The van der Waals surface area contributed by atoms with E-state index in [4.69, 9.17) is 11.6 Å². The Morgan fingerprint density at radius 3 is 2.04 bits per heavy atom. The van der Waals surface area contributed by atoms with Gasteiger partial charge in [-0.25, -0.2) is 0 Å². The van der Waals surface area contributed by atoms with Crippen LogP contribution in [0.5, 0.6) is 5.75 Å². The van der Waals surface area contributed by atoms with Crippen molar-refractivity contribution < 1.29 is 10.2 Å². The van der Waals surface area contributed by atoms with E-state index in [9.17, 15) is 10.2 Å². The molecule has 0 aliphatic carbocycles. The number of aromatic hydroxyl groups is 1. The molecule has 3 aromatic carbocycles. The maximum atomic E-state index is 10.4. The first-order chi connectivity index (χ1) is 12.2. The number of halogens is 1. The van der Waals surface area contributed by atoms with Gasteiger partial charge in [0.1, 0.15) is 5.75 Å². The lowest BCUT2D eigenvalue weighted by atomic mass is 9.87. The van der Waals surface area contributed by atoms with E-state index in [2.05, 4.69) is 0 Å². The van der Waals surface area contributed by atoms with Gasteiger partial charge in [-0.2, -0.15) is 0 Å². The monoisotopic (exact) mass is 350 g/mol. The lowest BCUT2D eigenvalue weighted by Gasteiger charge is -2.18. The number of hydrogen-bond donors (Lipinski definition) is 2. The summed E-state index contributed by atoms with van der Waals surface area (Å²) in [6.45, 7) is 0.0227. The van der Waals surface area contributed by atoms with Crippen LogP contribution in [0.1, 0.15) is 23.1 Å². The molecule has 0 saturated carbocycles. The quantitative estimate of drug-likeness (QED) is 0.606. The fourth-order valence-corrected chi connectivity index (χ4v) is 3.08. The number of hydrogen-bond acceptors (Lipinski definition) is 2. The minimum absolute atomic E-state index is 0.0227. The summed E-state index contributed by atoms with van der Waals surface area (Å²) in [6.07, 6.45) is 0.482. The van der Waals surface area contributed by atoms with Gasteiger partial charge in [-0.15, -0.1) is 0 Å². The molecule has 3 aromatic rings. The first-order valence-corrected chi connectivity index (χ1v) is 8.52. The third-order valence-electron chi connectivity index (χ3n) is 4.09. The molecular formula is C22H19ClO2. The molecule has 0 radical (unpaired) electrons. The van der Waals surface area contributed by atoms with Crippen LogP contribution in [0, 0.1) is 0 Å². The van der Waals surface area contributed by atoms with Crippen molar-refractivity contribution in [3.05, 3.63) is 101 Å². The fourth-order valence-electron chi connectivity index (χ4n) is 2.96. The third-order valence-corrected chi connectivity index (χ3v) is 4.34. The van der Waals surface area contributed by atoms with Crippen LogP contribution in [0.3, 0.4) is 0 Å². The number of rotatable bonds is 5. The van der Waals surface area contributed by atoms with Crippen molar-refractivity contribution in [2.75, 3.05) is 6.61 Å². The molecule has 3 heteroatoms. The van der Waals surface area contributed by atoms with Crippen LogP contribution in [0.15, 0.2) is 78.9 Å². The van der Waals surface area contributed by atoms with E-state index in [0.29, 0.717) is 11.4 Å². The molecule has 0 amide bonds. The Bertz CT molecular complexity index is 868. The first kappa shape index (κ1) is 17.3. The van der Waals surface area contributed by atoms with Gasteiger partial charge in [0, 0.05) is 17.2 Å². The largest absolute Gasteiger partial charge is 0.507 e. The van der Waals surface area contributed by atoms with Gasteiger partial charge in [0.15, 0.2) is 0 Å². The van der Waals surface area contributed by atoms with Gasteiger partial charge in [-0.05, 0) is 46.9 Å². The lowest BCUT2D eigenvalue weighted by molar-refractivity contribution is 0.305. The zero-order valence-corrected chi connectivity index (χ0v) is 14.4. The van der Waals surface area contributed by atoms with Crippen molar-refractivity contribution in [3.8, 4) is 5.75 Å². The lowest BCUT2D eigenvalue weighted by Crippen LogP contribution is -1.98. The predicted molar refractivity (Wildman–Crippen MR) is 104 cm³/mol. The minimum Gasteiger partial charge on any atom is -0.507 e. The normalized spacial score (nSPS) is 11.9. The summed E-state index contributed by atoms with van der Waals surface area (Å²) in [5.74, 6) is 0.207. The second-order valence-corrected chi connectivity index (χ2v) is 6.15. The van der Waals surface area contributed by atoms with E-state index in [1.54, 1.807) is 12.1 Å². The van der Waals surface area contributed by atoms with Gasteiger partial charge in [0.25, 0.3) is 0 Å². The standard InChI is InChI=1S/C22H19ClO2/c23-18-12-10-17(11-13-18)22(20-8-4-5-9-21(20)25)19(14-15-24)16-6-2-1-3-7-16/h1-13,24-25H,14-15H2/b22-19-. The highest BCUT2D eigenvalue weighted by molar-refractivity contribution is 6.30. The topological polar surface area (TPSA) is 40.5 Å². The van der Waals surface area contributed by atoms with Crippen LogP contribution in [0.2, 0.25) is 5.02 Å². The predicted octanol–water partition coefficient (Wildman–Crippen LogP) is 5.39. The number of phenols is 1. The number of phenolic OH excluding ortho intramolecular Hbond substituents is 1. The van der Waals surface area contributed by atoms with Crippen molar-refractivity contribution >= 4 is 22.7 Å². The van der Waals surface area contributed by atoms with Gasteiger partial charge in [0.2, 0.25) is 0 Å². The molecule has 0 fully saturated rings. The number of aliphatic hydroxyl groups is 1. The van der Waals surface area contributed by atoms with Crippen LogP contribution in [-0.4, -0.2) is 16.8 Å². The Labute approximate surface area is 152 Å². The molecule has 0 bridgehead atoms. The second-order valence-electron chi connectivity index (χ2n) is 5.72. The molecule has 0 spiro atoms. The van der Waals surface area contributed by atoms with Gasteiger partial charge >= 0.3 is 0 Å². The fraction of sp³-hybridized carbons (Fsp3) is 0.0909. The molecular weight excluding hydrogens is 332 g/mol. The van der Waals surface area contributed by atoms with Crippen LogP contribution < -0.4 is 0 Å². The summed E-state index contributed by atoms with van der Waals surface area (Å²) in [5, 5.41) is 20.7. The van der Waals surface area contributed by atoms with E-state index in [0.717, 1.165) is 27.8 Å². The third kappa shape index (κ3) is 3.93. The summed E-state index contributed by atoms with van der Waals surface area (Å²) in [7, 11) is 0. The van der Waals surface area contributed by atoms with Crippen molar-refractivity contribution in [2.45, 2.75) is 6.42 Å². The maximum absolute atomic E-state index is 10.4. The molecule has 3 rings (SSSR count). The molecule has 0 atom stereocenters. The summed E-state index contributed by atoms with van der Waals surface area (Å²) < 4.78 is 0. The number of aliphatic hydroxyl groups excluding tert-OH is 1. The minimum atomic E-state index is 0.0227. The molecule has 0 aromatic heterocycles. The van der Waals surface area contributed by atoms with E-state index >= 15 is 0 Å². The van der Waals surface area contributed by atoms with Gasteiger partial charge in [0.05, 0.1) is 0 Å². The highest BCUT2D eigenvalue weighted by atomic mass is 35.5. The molecule has 2 N–H and O–H groups in total. The molecule has 0 unspecified atom stereocenters. The van der Waals surface area contributed by atoms with E-state index < -0.39 is 0 Å². The van der Waals surface area contributed by atoms with Gasteiger partial charge < -0.3 is 10.2 Å². The molecule has 0 heterocycles. The molecule has 2 nitrogen and oxygen atoms in total. The Morgan fingerprint density at radius 1 is 0.760 bits per heavy atom. The summed E-state index contributed by atoms with van der Waals surface area (Å²) in [4.78, 5) is 0. The van der Waals surface area contributed by atoms with E-state index in [1.165, 1.54) is 0 Å². The average molecular weight is 351 g/mol. The SMILES string of the molecule is OCC/C(=C(\c1ccc(Cl)cc1)c1ccccc1O)c1ccccc1. The second kappa shape index (κ2) is 8.02. The molecule has 25 heavy (non-hydrogen) atoms. The molecule has 0 aliphatic rings. The van der Waals surface area contributed by atoms with E-state index in [1.807, 2.05) is 66.7 Å². The Hall–Kier alpha value is -2.55. The van der Waals surface area contributed by atoms with Crippen LogP contribution in [0.25, 0.3) is 11.1 Å². The molecule has 0 aliphatic heterocycles. The highest BCUT2D eigenvalue weighted by Gasteiger charge is 2.16. The smallest absolute Gasteiger partial charge is 0.123 e. The molecule has 0 saturated heterocycles. The summed E-state index contributed by atoms with van der Waals surface area (Å²) >= 11 is 6.05. The molecule has 126 valence electrons. The maximum Gasteiger partial charge on any atom is 0.123 e. The van der Waals surface area contributed by atoms with Crippen LogP contribution in [-0.2, 0) is 0 Å². The highest BCUT2D eigenvalue weighted by Crippen LogP contribution is 2.38. The van der Waals surface area contributed by atoms with Crippen molar-refractivity contribution in [2.24, 2.45) is 0 Å². The zero-order valence-electron chi connectivity index (χ0n) is 13.7. The van der Waals surface area contributed by atoms with Crippen LogP contribution in [0.4, 0.5) is 0 Å². The Kier molecular flexibility index (Phi) is 5.54. The van der Waals surface area contributed by atoms with Gasteiger partial charge in [-0.3, -0.25) is 0 Å². The Balaban J connectivity index is 2.31. The first-order valence-electron chi connectivity index (χ1n) is 8.14.